The Morgan fingerprint density at radius 1 is 0.721 bits per heavy atom. The summed E-state index contributed by atoms with van der Waals surface area (Å²) in [6.45, 7) is 1.58. The Kier molecular flexibility index (Phi) is 7.92. The van der Waals surface area contributed by atoms with Crippen LogP contribution in [0.2, 0.25) is 0 Å². The third kappa shape index (κ3) is 5.86. The van der Waals surface area contributed by atoms with E-state index in [4.69, 9.17) is 18.9 Å². The van der Waals surface area contributed by atoms with Crippen molar-refractivity contribution in [3.05, 3.63) is 132 Å². The summed E-state index contributed by atoms with van der Waals surface area (Å²) in [4.78, 5) is 48.2. The zero-order valence-electron chi connectivity index (χ0n) is 23.1. The lowest BCUT2D eigenvalue weighted by molar-refractivity contribution is -0.0604. The Bertz CT molecular complexity index is 1740. The molecule has 0 aliphatic carbocycles. The number of ether oxygens (including phenoxy) is 4. The van der Waals surface area contributed by atoms with E-state index in [-0.39, 0.29) is 6.61 Å². The molecule has 0 radical (unpaired) electrons. The summed E-state index contributed by atoms with van der Waals surface area (Å²) in [5, 5.41) is 0.774. The third-order valence-electron chi connectivity index (χ3n) is 7.16. The number of carbonyl (C=O) groups is 3. The SMILES string of the molecule is Cc1ncnc2c1ccn2[C@@H]1O[C@H](COC(=O)c2ccccc2)[C@@H](OC(=O)c2ccccc2)[C@H]1OC(=O)c1ccccc1. The number of aromatic nitrogens is 3. The summed E-state index contributed by atoms with van der Waals surface area (Å²) >= 11 is 0. The van der Waals surface area contributed by atoms with Gasteiger partial charge in [0.1, 0.15) is 24.7 Å². The van der Waals surface area contributed by atoms with Crippen LogP contribution in [0.1, 0.15) is 43.0 Å². The molecule has 0 spiro atoms. The molecule has 2 aromatic heterocycles. The van der Waals surface area contributed by atoms with Gasteiger partial charge in [-0.3, -0.25) is 0 Å². The minimum Gasteiger partial charge on any atom is -0.459 e. The van der Waals surface area contributed by atoms with Crippen LogP contribution in [0.5, 0.6) is 0 Å². The quantitative estimate of drug-likeness (QED) is 0.186. The number of hydrogen-bond acceptors (Lipinski definition) is 9. The highest BCUT2D eigenvalue weighted by Gasteiger charge is 2.51. The van der Waals surface area contributed by atoms with Crippen molar-refractivity contribution in [2.75, 3.05) is 6.61 Å². The van der Waals surface area contributed by atoms with E-state index in [2.05, 4.69) is 9.97 Å². The van der Waals surface area contributed by atoms with Gasteiger partial charge in [-0.1, -0.05) is 54.6 Å². The molecule has 3 heterocycles. The summed E-state index contributed by atoms with van der Waals surface area (Å²) < 4.78 is 25.7. The lowest BCUT2D eigenvalue weighted by atomic mass is 10.1. The second-order valence-electron chi connectivity index (χ2n) is 9.92. The molecule has 0 saturated carbocycles. The summed E-state index contributed by atoms with van der Waals surface area (Å²) in [6, 6.07) is 27.2. The highest BCUT2D eigenvalue weighted by molar-refractivity contribution is 5.91. The Labute approximate surface area is 246 Å². The van der Waals surface area contributed by atoms with Crippen molar-refractivity contribution in [3.8, 4) is 0 Å². The molecule has 6 rings (SSSR count). The van der Waals surface area contributed by atoms with E-state index in [1.54, 1.807) is 102 Å². The van der Waals surface area contributed by atoms with Gasteiger partial charge in [-0.25, -0.2) is 24.4 Å². The van der Waals surface area contributed by atoms with Crippen LogP contribution in [0.25, 0.3) is 11.0 Å². The summed E-state index contributed by atoms with van der Waals surface area (Å²) in [5.41, 5.74) is 2.25. The van der Waals surface area contributed by atoms with Crippen molar-refractivity contribution in [1.29, 1.82) is 0 Å². The molecule has 4 atom stereocenters. The predicted octanol–water partition coefficient (Wildman–Crippen LogP) is 4.95. The van der Waals surface area contributed by atoms with E-state index in [0.29, 0.717) is 22.3 Å². The number of nitrogens with zero attached hydrogens (tertiary/aromatic N) is 3. The van der Waals surface area contributed by atoms with Crippen LogP contribution in [0, 0.1) is 6.92 Å². The fourth-order valence-corrected chi connectivity index (χ4v) is 4.98. The average molecular weight is 578 g/mol. The molecule has 10 heteroatoms. The predicted molar refractivity (Wildman–Crippen MR) is 154 cm³/mol. The fourth-order valence-electron chi connectivity index (χ4n) is 4.98. The first-order valence-electron chi connectivity index (χ1n) is 13.7. The van der Waals surface area contributed by atoms with E-state index in [1.807, 2.05) is 13.0 Å². The van der Waals surface area contributed by atoms with E-state index in [9.17, 15) is 14.4 Å². The van der Waals surface area contributed by atoms with Gasteiger partial charge in [-0.15, -0.1) is 0 Å². The lowest BCUT2D eigenvalue weighted by Gasteiger charge is -2.25. The van der Waals surface area contributed by atoms with Crippen LogP contribution in [-0.4, -0.2) is 57.4 Å². The largest absolute Gasteiger partial charge is 0.459 e. The standard InChI is InChI=1S/C33H27N3O7/c1-21-25-17-18-36(29(25)35-20-34-21)30-28(43-33(39)24-15-9-4-10-16-24)27(42-32(38)23-13-7-3-8-14-23)26(41-30)19-40-31(37)22-11-5-2-6-12-22/h2-18,20,26-28,30H,19H2,1H3/t26-,27-,28-,30-/m1/s1. The summed E-state index contributed by atoms with van der Waals surface area (Å²) in [6.07, 6.45) is -1.07. The van der Waals surface area contributed by atoms with E-state index in [0.717, 1.165) is 11.1 Å². The van der Waals surface area contributed by atoms with Gasteiger partial charge in [0.25, 0.3) is 0 Å². The van der Waals surface area contributed by atoms with Crippen LogP contribution in [0.4, 0.5) is 0 Å². The van der Waals surface area contributed by atoms with Crippen molar-refractivity contribution >= 4 is 28.9 Å². The Morgan fingerprint density at radius 3 is 1.84 bits per heavy atom. The molecule has 1 aliphatic rings. The molecule has 0 bridgehead atoms. The molecule has 0 amide bonds. The van der Waals surface area contributed by atoms with Crippen LogP contribution in [0.3, 0.4) is 0 Å². The minimum absolute atomic E-state index is 0.274. The van der Waals surface area contributed by atoms with Gasteiger partial charge in [0.2, 0.25) is 0 Å². The first-order valence-corrected chi connectivity index (χ1v) is 13.7. The number of carbonyl (C=O) groups excluding carboxylic acids is 3. The zero-order chi connectivity index (χ0) is 29.8. The van der Waals surface area contributed by atoms with Gasteiger partial charge in [-0.05, 0) is 49.4 Å². The number of esters is 3. The molecule has 3 aromatic carbocycles. The van der Waals surface area contributed by atoms with Gasteiger partial charge in [0.05, 0.1) is 22.4 Å². The molecule has 10 nitrogen and oxygen atoms in total. The van der Waals surface area contributed by atoms with Gasteiger partial charge < -0.3 is 23.5 Å². The van der Waals surface area contributed by atoms with Crippen molar-refractivity contribution in [3.63, 3.8) is 0 Å². The molecule has 5 aromatic rings. The molecule has 1 fully saturated rings. The number of rotatable bonds is 8. The maximum Gasteiger partial charge on any atom is 0.338 e. The maximum absolute atomic E-state index is 13.4. The topological polar surface area (TPSA) is 119 Å². The van der Waals surface area contributed by atoms with Gasteiger partial charge in [0.15, 0.2) is 18.4 Å². The number of fused-ring (bicyclic) bond motifs is 1. The highest BCUT2D eigenvalue weighted by atomic mass is 16.7. The van der Waals surface area contributed by atoms with Crippen LogP contribution >= 0.6 is 0 Å². The van der Waals surface area contributed by atoms with Crippen molar-refractivity contribution in [2.45, 2.75) is 31.5 Å². The van der Waals surface area contributed by atoms with E-state index in [1.165, 1.54) is 6.33 Å². The van der Waals surface area contributed by atoms with E-state index >= 15 is 0 Å². The molecule has 216 valence electrons. The van der Waals surface area contributed by atoms with Gasteiger partial charge in [0, 0.05) is 11.6 Å². The summed E-state index contributed by atoms with van der Waals surface area (Å²) in [5.74, 6) is -1.86. The van der Waals surface area contributed by atoms with Crippen LogP contribution in [-0.2, 0) is 18.9 Å². The molecule has 0 N–H and O–H groups in total. The fraction of sp³-hybridized carbons (Fsp3) is 0.182. The second-order valence-corrected chi connectivity index (χ2v) is 9.92. The molecular weight excluding hydrogens is 550 g/mol. The molecule has 1 aliphatic heterocycles. The third-order valence-corrected chi connectivity index (χ3v) is 7.16. The van der Waals surface area contributed by atoms with E-state index < -0.39 is 42.4 Å². The Morgan fingerprint density at radius 2 is 1.26 bits per heavy atom. The molecule has 0 unspecified atom stereocenters. The smallest absolute Gasteiger partial charge is 0.338 e. The number of hydrogen-bond donors (Lipinski definition) is 0. The molecule has 1 saturated heterocycles. The first kappa shape index (κ1) is 27.8. The minimum atomic E-state index is -1.14. The maximum atomic E-state index is 13.4. The first-order chi connectivity index (χ1) is 21.0. The monoisotopic (exact) mass is 577 g/mol. The number of aryl methyl sites for hydroxylation is 1. The molecular formula is C33H27N3O7. The highest BCUT2D eigenvalue weighted by Crippen LogP contribution is 2.37. The Balaban J connectivity index is 1.37. The summed E-state index contributed by atoms with van der Waals surface area (Å²) in [7, 11) is 0. The van der Waals surface area contributed by atoms with Crippen molar-refractivity contribution in [1.82, 2.24) is 14.5 Å². The van der Waals surface area contributed by atoms with Gasteiger partial charge in [-0.2, -0.15) is 0 Å². The molecule has 43 heavy (non-hydrogen) atoms. The van der Waals surface area contributed by atoms with Crippen molar-refractivity contribution < 1.29 is 33.3 Å². The number of benzene rings is 3. The normalized spacial score (nSPS) is 19.6. The second kappa shape index (κ2) is 12.3. The zero-order valence-corrected chi connectivity index (χ0v) is 23.1. The van der Waals surface area contributed by atoms with Crippen LogP contribution in [0.15, 0.2) is 110 Å². The Hall–Kier alpha value is -5.35. The van der Waals surface area contributed by atoms with Crippen LogP contribution < -0.4 is 0 Å². The van der Waals surface area contributed by atoms with Crippen molar-refractivity contribution in [2.24, 2.45) is 0 Å². The lowest BCUT2D eigenvalue weighted by Crippen LogP contribution is -2.41. The average Bonchev–Trinajstić information content (AvgIpc) is 3.63. The van der Waals surface area contributed by atoms with Gasteiger partial charge >= 0.3 is 17.9 Å².